The van der Waals surface area contributed by atoms with Crippen LogP contribution in [-0.2, 0) is 11.2 Å². The smallest absolute Gasteiger partial charge is 0.233 e. The fourth-order valence-corrected chi connectivity index (χ4v) is 3.54. The molecule has 5 nitrogen and oxygen atoms in total. The van der Waals surface area contributed by atoms with Crippen LogP contribution in [0, 0.1) is 0 Å². The molecule has 0 saturated carbocycles. The second-order valence-corrected chi connectivity index (χ2v) is 6.28. The van der Waals surface area contributed by atoms with Gasteiger partial charge in [0.05, 0.1) is 11.4 Å². The first-order valence-electron chi connectivity index (χ1n) is 7.68. The Bertz CT molecular complexity index is 649. The van der Waals surface area contributed by atoms with Crippen LogP contribution in [0.15, 0.2) is 35.7 Å². The zero-order valence-corrected chi connectivity index (χ0v) is 13.6. The summed E-state index contributed by atoms with van der Waals surface area (Å²) in [4.78, 5) is 14.1. The zero-order chi connectivity index (χ0) is 15.4. The fourth-order valence-electron chi connectivity index (χ4n) is 2.72. The third-order valence-electron chi connectivity index (χ3n) is 3.93. The molecule has 1 aromatic heterocycles. The molecule has 0 aliphatic carbocycles. The number of hydrogen-bond acceptors (Lipinski definition) is 4. The number of likely N-dealkylation sites (tertiary alicyclic amines) is 1. The summed E-state index contributed by atoms with van der Waals surface area (Å²) < 4.78 is 1.97. The van der Waals surface area contributed by atoms with E-state index in [1.54, 1.807) is 6.33 Å². The molecule has 2 aromatic rings. The zero-order valence-electron chi connectivity index (χ0n) is 12.7. The minimum atomic E-state index is 0.195. The molecule has 3 rings (SSSR count). The normalized spacial score (nSPS) is 14.5. The summed E-state index contributed by atoms with van der Waals surface area (Å²) in [7, 11) is 0. The minimum absolute atomic E-state index is 0.195. The molecular weight excluding hydrogens is 296 g/mol. The van der Waals surface area contributed by atoms with Crippen molar-refractivity contribution in [2.24, 2.45) is 0 Å². The van der Waals surface area contributed by atoms with Crippen LogP contribution < -0.4 is 0 Å². The van der Waals surface area contributed by atoms with E-state index in [2.05, 4.69) is 29.3 Å². The third kappa shape index (κ3) is 3.16. The second-order valence-electron chi connectivity index (χ2n) is 5.34. The summed E-state index contributed by atoms with van der Waals surface area (Å²) >= 11 is 1.46. The molecular formula is C16H20N4OS. The maximum absolute atomic E-state index is 12.2. The lowest BCUT2D eigenvalue weighted by molar-refractivity contribution is -0.127. The Morgan fingerprint density at radius 3 is 2.82 bits per heavy atom. The first-order chi connectivity index (χ1) is 10.8. The average Bonchev–Trinajstić information content (AvgIpc) is 3.24. The predicted molar refractivity (Wildman–Crippen MR) is 87.3 cm³/mol. The Morgan fingerprint density at radius 1 is 1.27 bits per heavy atom. The number of aromatic nitrogens is 3. The van der Waals surface area contributed by atoms with Gasteiger partial charge in [0, 0.05) is 13.1 Å². The molecule has 116 valence electrons. The Balaban J connectivity index is 1.73. The Kier molecular flexibility index (Phi) is 4.77. The molecule has 0 N–H and O–H groups in total. The van der Waals surface area contributed by atoms with E-state index in [9.17, 15) is 4.79 Å². The van der Waals surface area contributed by atoms with Gasteiger partial charge in [0.1, 0.15) is 6.33 Å². The van der Waals surface area contributed by atoms with Gasteiger partial charge in [-0.15, -0.1) is 10.2 Å². The predicted octanol–water partition coefficient (Wildman–Crippen LogP) is 2.54. The van der Waals surface area contributed by atoms with Crippen LogP contribution in [0.2, 0.25) is 0 Å². The van der Waals surface area contributed by atoms with E-state index in [0.717, 1.165) is 43.2 Å². The summed E-state index contributed by atoms with van der Waals surface area (Å²) in [6.45, 7) is 3.92. The van der Waals surface area contributed by atoms with E-state index in [-0.39, 0.29) is 5.91 Å². The summed E-state index contributed by atoms with van der Waals surface area (Å²) in [6, 6.07) is 8.22. The highest BCUT2D eigenvalue weighted by molar-refractivity contribution is 7.99. The first kappa shape index (κ1) is 15.1. The van der Waals surface area contributed by atoms with E-state index >= 15 is 0 Å². The number of carbonyl (C=O) groups excluding carboxylic acids is 1. The average molecular weight is 316 g/mol. The highest BCUT2D eigenvalue weighted by Gasteiger charge is 2.19. The van der Waals surface area contributed by atoms with E-state index < -0.39 is 0 Å². The van der Waals surface area contributed by atoms with Crippen molar-refractivity contribution in [3.63, 3.8) is 0 Å². The molecule has 1 saturated heterocycles. The lowest BCUT2D eigenvalue weighted by atomic mass is 10.1. The standard InChI is InChI=1S/C16H20N4OS/c1-2-13-7-3-4-8-14(13)20-12-17-18-16(20)22-11-15(21)19-9-5-6-10-19/h3-4,7-8,12H,2,5-6,9-11H2,1H3. The number of aryl methyl sites for hydroxylation is 1. The largest absolute Gasteiger partial charge is 0.342 e. The highest BCUT2D eigenvalue weighted by Crippen LogP contribution is 2.23. The summed E-state index contributed by atoms with van der Waals surface area (Å²) in [5, 5.41) is 8.96. The van der Waals surface area contributed by atoms with Crippen LogP contribution in [0.3, 0.4) is 0 Å². The van der Waals surface area contributed by atoms with Crippen molar-refractivity contribution in [1.29, 1.82) is 0 Å². The second kappa shape index (κ2) is 6.96. The molecule has 1 aliphatic rings. The van der Waals surface area contributed by atoms with E-state index in [4.69, 9.17) is 0 Å². The molecule has 0 unspecified atom stereocenters. The van der Waals surface area contributed by atoms with Gasteiger partial charge in [0.2, 0.25) is 5.91 Å². The number of amides is 1. The van der Waals surface area contributed by atoms with Gasteiger partial charge < -0.3 is 4.90 Å². The van der Waals surface area contributed by atoms with Crippen LogP contribution in [0.5, 0.6) is 0 Å². The number of nitrogens with zero attached hydrogens (tertiary/aromatic N) is 4. The molecule has 0 atom stereocenters. The van der Waals surface area contributed by atoms with Gasteiger partial charge in [-0.3, -0.25) is 9.36 Å². The van der Waals surface area contributed by atoms with Crippen LogP contribution in [0.1, 0.15) is 25.3 Å². The summed E-state index contributed by atoms with van der Waals surface area (Å²) in [6.07, 6.45) is 4.91. The molecule has 1 aliphatic heterocycles. The molecule has 1 amide bonds. The van der Waals surface area contributed by atoms with Crippen LogP contribution >= 0.6 is 11.8 Å². The number of para-hydroxylation sites is 1. The molecule has 1 fully saturated rings. The van der Waals surface area contributed by atoms with E-state index in [1.165, 1.54) is 17.3 Å². The number of hydrogen-bond donors (Lipinski definition) is 0. The third-order valence-corrected chi connectivity index (χ3v) is 4.86. The molecule has 0 bridgehead atoms. The van der Waals surface area contributed by atoms with Crippen molar-refractivity contribution in [2.75, 3.05) is 18.8 Å². The van der Waals surface area contributed by atoms with Gasteiger partial charge in [0.15, 0.2) is 5.16 Å². The van der Waals surface area contributed by atoms with Crippen LogP contribution in [0.4, 0.5) is 0 Å². The lowest BCUT2D eigenvalue weighted by Gasteiger charge is -2.15. The molecule has 1 aromatic carbocycles. The summed E-state index contributed by atoms with van der Waals surface area (Å²) in [5.41, 5.74) is 2.33. The van der Waals surface area contributed by atoms with Gasteiger partial charge in [-0.1, -0.05) is 36.9 Å². The topological polar surface area (TPSA) is 51.0 Å². The molecule has 0 radical (unpaired) electrons. The van der Waals surface area contributed by atoms with Gasteiger partial charge in [0.25, 0.3) is 0 Å². The molecule has 6 heteroatoms. The van der Waals surface area contributed by atoms with Crippen molar-refractivity contribution >= 4 is 17.7 Å². The number of carbonyl (C=O) groups is 1. The molecule has 22 heavy (non-hydrogen) atoms. The monoisotopic (exact) mass is 316 g/mol. The SMILES string of the molecule is CCc1ccccc1-n1cnnc1SCC(=O)N1CCCC1. The Morgan fingerprint density at radius 2 is 2.05 bits per heavy atom. The highest BCUT2D eigenvalue weighted by atomic mass is 32.2. The van der Waals surface area contributed by atoms with Gasteiger partial charge in [-0.25, -0.2) is 0 Å². The molecule has 0 spiro atoms. The lowest BCUT2D eigenvalue weighted by Crippen LogP contribution is -2.29. The Hall–Kier alpha value is -1.82. The van der Waals surface area contributed by atoms with Crippen molar-refractivity contribution in [3.8, 4) is 5.69 Å². The first-order valence-corrected chi connectivity index (χ1v) is 8.67. The van der Waals surface area contributed by atoms with Gasteiger partial charge in [-0.2, -0.15) is 0 Å². The van der Waals surface area contributed by atoms with Crippen molar-refractivity contribution in [2.45, 2.75) is 31.3 Å². The van der Waals surface area contributed by atoms with Crippen LogP contribution in [0.25, 0.3) is 5.69 Å². The Labute approximate surface area is 134 Å². The van der Waals surface area contributed by atoms with Crippen molar-refractivity contribution < 1.29 is 4.79 Å². The maximum Gasteiger partial charge on any atom is 0.233 e. The maximum atomic E-state index is 12.2. The van der Waals surface area contributed by atoms with E-state index in [1.807, 2.05) is 21.6 Å². The number of thioether (sulfide) groups is 1. The van der Waals surface area contributed by atoms with E-state index in [0.29, 0.717) is 5.75 Å². The van der Waals surface area contributed by atoms with Crippen LogP contribution in [-0.4, -0.2) is 44.4 Å². The van der Waals surface area contributed by atoms with Crippen molar-refractivity contribution in [3.05, 3.63) is 36.2 Å². The number of rotatable bonds is 5. The van der Waals surface area contributed by atoms with Crippen molar-refractivity contribution in [1.82, 2.24) is 19.7 Å². The number of benzene rings is 1. The van der Waals surface area contributed by atoms with Gasteiger partial charge >= 0.3 is 0 Å². The quantitative estimate of drug-likeness (QED) is 0.796. The van der Waals surface area contributed by atoms with Gasteiger partial charge in [-0.05, 0) is 30.9 Å². The fraction of sp³-hybridized carbons (Fsp3) is 0.438. The minimum Gasteiger partial charge on any atom is -0.342 e. The molecule has 2 heterocycles. The summed E-state index contributed by atoms with van der Waals surface area (Å²) in [5.74, 6) is 0.619.